The molecule has 0 amide bonds. The van der Waals surface area contributed by atoms with Crippen molar-refractivity contribution in [3.63, 3.8) is 0 Å². The van der Waals surface area contributed by atoms with Crippen LogP contribution in [0, 0.1) is 0 Å². The molecule has 0 N–H and O–H groups in total. The maximum Gasteiger partial charge on any atom is 0.127 e. The lowest BCUT2D eigenvalue weighted by Gasteiger charge is -2.01. The fraction of sp³-hybridized carbons (Fsp3) is 0.0833. The molecule has 0 saturated heterocycles. The van der Waals surface area contributed by atoms with Gasteiger partial charge < -0.3 is 0 Å². The van der Waals surface area contributed by atoms with E-state index in [0.29, 0.717) is 15.8 Å². The van der Waals surface area contributed by atoms with Gasteiger partial charge in [-0.2, -0.15) is 0 Å². The van der Waals surface area contributed by atoms with Crippen molar-refractivity contribution in [2.45, 2.75) is 10.8 Å². The second-order valence-electron chi connectivity index (χ2n) is 3.28. The molecule has 0 aliphatic rings. The minimum atomic E-state index is -1.10. The Labute approximate surface area is 102 Å². The second kappa shape index (κ2) is 5.23. The third-order valence-electron chi connectivity index (χ3n) is 2.08. The highest BCUT2D eigenvalue weighted by Crippen LogP contribution is 2.13. The van der Waals surface area contributed by atoms with Crippen LogP contribution in [0.15, 0.2) is 53.7 Å². The summed E-state index contributed by atoms with van der Waals surface area (Å²) in [6, 6.07) is 12.8. The van der Waals surface area contributed by atoms with Gasteiger partial charge in [0.2, 0.25) is 0 Å². The summed E-state index contributed by atoms with van der Waals surface area (Å²) in [7, 11) is -1.10. The molecule has 82 valence electrons. The summed E-state index contributed by atoms with van der Waals surface area (Å²) in [5, 5.41) is 1.30. The molecule has 0 fully saturated rings. The average molecular weight is 252 g/mol. The van der Waals surface area contributed by atoms with Crippen molar-refractivity contribution in [3.05, 3.63) is 59.2 Å². The van der Waals surface area contributed by atoms with Gasteiger partial charge in [0, 0.05) is 11.2 Å². The van der Waals surface area contributed by atoms with Crippen LogP contribution in [0.4, 0.5) is 0 Å². The molecule has 0 saturated carbocycles. The monoisotopic (exact) mass is 251 g/mol. The van der Waals surface area contributed by atoms with Crippen LogP contribution in [0.5, 0.6) is 0 Å². The van der Waals surface area contributed by atoms with Gasteiger partial charge in [-0.3, -0.25) is 4.21 Å². The van der Waals surface area contributed by atoms with Gasteiger partial charge >= 0.3 is 0 Å². The van der Waals surface area contributed by atoms with Crippen LogP contribution in [0.1, 0.15) is 5.56 Å². The first-order valence-corrected chi connectivity index (χ1v) is 6.49. The Morgan fingerprint density at radius 1 is 1.12 bits per heavy atom. The lowest BCUT2D eigenvalue weighted by molar-refractivity contribution is 0.680. The van der Waals surface area contributed by atoms with Crippen LogP contribution in [0.25, 0.3) is 0 Å². The van der Waals surface area contributed by atoms with Crippen molar-refractivity contribution in [3.8, 4) is 0 Å². The van der Waals surface area contributed by atoms with Crippen molar-refractivity contribution in [2.75, 3.05) is 0 Å². The van der Waals surface area contributed by atoms with Gasteiger partial charge in [0.25, 0.3) is 0 Å². The van der Waals surface area contributed by atoms with E-state index in [1.165, 1.54) is 0 Å². The maximum atomic E-state index is 11.9. The standard InChI is InChI=1S/C12H10ClNOS/c13-11-6-4-10(5-7-11)9-16(15)12-3-1-2-8-14-12/h1-8H,9H2. The molecule has 1 atom stereocenters. The summed E-state index contributed by atoms with van der Waals surface area (Å²) < 4.78 is 11.9. The molecule has 0 aliphatic carbocycles. The van der Waals surface area contributed by atoms with Gasteiger partial charge in [-0.05, 0) is 29.8 Å². The van der Waals surface area contributed by atoms with E-state index in [2.05, 4.69) is 4.98 Å². The highest BCUT2D eigenvalue weighted by Gasteiger charge is 2.05. The van der Waals surface area contributed by atoms with Crippen LogP contribution in [0.3, 0.4) is 0 Å². The minimum Gasteiger partial charge on any atom is -0.252 e. The number of pyridine rings is 1. The summed E-state index contributed by atoms with van der Waals surface area (Å²) in [5.74, 6) is 0.466. The van der Waals surface area contributed by atoms with E-state index in [9.17, 15) is 4.21 Å². The van der Waals surface area contributed by atoms with Crippen LogP contribution in [0.2, 0.25) is 5.02 Å². The van der Waals surface area contributed by atoms with Crippen molar-refractivity contribution in [2.24, 2.45) is 0 Å². The van der Waals surface area contributed by atoms with Crippen molar-refractivity contribution < 1.29 is 4.21 Å². The Kier molecular flexibility index (Phi) is 3.70. The summed E-state index contributed by atoms with van der Waals surface area (Å²) >= 11 is 5.78. The van der Waals surface area contributed by atoms with Gasteiger partial charge in [-0.15, -0.1) is 0 Å². The lowest BCUT2D eigenvalue weighted by atomic mass is 10.2. The Morgan fingerprint density at radius 3 is 2.50 bits per heavy atom. The molecule has 1 heterocycles. The lowest BCUT2D eigenvalue weighted by Crippen LogP contribution is -1.98. The van der Waals surface area contributed by atoms with E-state index in [1.54, 1.807) is 24.4 Å². The molecule has 1 aromatic carbocycles. The number of hydrogen-bond donors (Lipinski definition) is 0. The first-order chi connectivity index (χ1) is 7.75. The number of hydrogen-bond acceptors (Lipinski definition) is 2. The maximum absolute atomic E-state index is 11.9. The molecule has 0 radical (unpaired) electrons. The van der Waals surface area contributed by atoms with Gasteiger partial charge in [-0.25, -0.2) is 4.98 Å². The third kappa shape index (κ3) is 2.90. The normalized spacial score (nSPS) is 12.3. The van der Waals surface area contributed by atoms with E-state index >= 15 is 0 Å². The quantitative estimate of drug-likeness (QED) is 0.839. The Balaban J connectivity index is 2.11. The molecule has 2 nitrogen and oxygen atoms in total. The molecule has 1 unspecified atom stereocenters. The predicted molar refractivity (Wildman–Crippen MR) is 65.8 cm³/mol. The van der Waals surface area contributed by atoms with Crippen LogP contribution in [-0.4, -0.2) is 9.19 Å². The Morgan fingerprint density at radius 2 is 1.88 bits per heavy atom. The SMILES string of the molecule is O=S(Cc1ccc(Cl)cc1)c1ccccn1. The van der Waals surface area contributed by atoms with Crippen LogP contribution < -0.4 is 0 Å². The molecule has 16 heavy (non-hydrogen) atoms. The van der Waals surface area contributed by atoms with Gasteiger partial charge in [0.15, 0.2) is 0 Å². The van der Waals surface area contributed by atoms with E-state index in [0.717, 1.165) is 5.56 Å². The fourth-order valence-corrected chi connectivity index (χ4v) is 2.47. The van der Waals surface area contributed by atoms with Gasteiger partial charge in [-0.1, -0.05) is 29.8 Å². The summed E-state index contributed by atoms with van der Waals surface area (Å²) in [6.07, 6.45) is 1.65. The van der Waals surface area contributed by atoms with Crippen molar-refractivity contribution in [1.82, 2.24) is 4.98 Å². The third-order valence-corrected chi connectivity index (χ3v) is 3.64. The van der Waals surface area contributed by atoms with E-state index < -0.39 is 10.8 Å². The zero-order valence-electron chi connectivity index (χ0n) is 8.47. The molecule has 1 aromatic heterocycles. The predicted octanol–water partition coefficient (Wildman–Crippen LogP) is 3.04. The number of benzene rings is 1. The Hall–Kier alpha value is -1.19. The number of nitrogens with zero attached hydrogens (tertiary/aromatic N) is 1. The largest absolute Gasteiger partial charge is 0.252 e. The van der Waals surface area contributed by atoms with E-state index in [1.807, 2.05) is 24.3 Å². The number of rotatable bonds is 3. The van der Waals surface area contributed by atoms with Crippen molar-refractivity contribution >= 4 is 22.4 Å². The number of aromatic nitrogens is 1. The molecule has 0 aliphatic heterocycles. The molecule has 2 rings (SSSR count). The second-order valence-corrected chi connectivity index (χ2v) is 5.12. The first kappa shape index (κ1) is 11.3. The number of halogens is 1. The minimum absolute atomic E-state index is 0.466. The van der Waals surface area contributed by atoms with Crippen LogP contribution in [-0.2, 0) is 16.6 Å². The summed E-state index contributed by atoms with van der Waals surface area (Å²) in [6.45, 7) is 0. The average Bonchev–Trinajstić information content (AvgIpc) is 2.33. The zero-order chi connectivity index (χ0) is 11.4. The first-order valence-electron chi connectivity index (χ1n) is 4.79. The van der Waals surface area contributed by atoms with Gasteiger partial charge in [0.1, 0.15) is 5.03 Å². The molecular weight excluding hydrogens is 242 g/mol. The topological polar surface area (TPSA) is 30.0 Å². The van der Waals surface area contributed by atoms with E-state index in [4.69, 9.17) is 11.6 Å². The molecular formula is C12H10ClNOS. The summed E-state index contributed by atoms with van der Waals surface area (Å²) in [5.41, 5.74) is 0.994. The smallest absolute Gasteiger partial charge is 0.127 e. The molecule has 0 bridgehead atoms. The van der Waals surface area contributed by atoms with E-state index in [-0.39, 0.29) is 0 Å². The van der Waals surface area contributed by atoms with Crippen LogP contribution >= 0.6 is 11.6 Å². The summed E-state index contributed by atoms with van der Waals surface area (Å²) in [4.78, 5) is 4.07. The van der Waals surface area contributed by atoms with Crippen molar-refractivity contribution in [1.29, 1.82) is 0 Å². The highest BCUT2D eigenvalue weighted by atomic mass is 35.5. The molecule has 2 aromatic rings. The molecule has 4 heteroatoms. The highest BCUT2D eigenvalue weighted by molar-refractivity contribution is 7.84. The molecule has 0 spiro atoms. The fourth-order valence-electron chi connectivity index (χ4n) is 1.29. The zero-order valence-corrected chi connectivity index (χ0v) is 10.0. The Bertz CT molecular complexity index is 484. The van der Waals surface area contributed by atoms with Gasteiger partial charge in [0.05, 0.1) is 16.6 Å².